The van der Waals surface area contributed by atoms with Gasteiger partial charge in [0.05, 0.1) is 21.8 Å². The number of amides is 2. The lowest BCUT2D eigenvalue weighted by atomic mass is 10.1. The number of carbonyl (C=O) groups excluding carboxylic acids is 2. The van der Waals surface area contributed by atoms with Crippen molar-refractivity contribution in [1.82, 2.24) is 14.8 Å². The van der Waals surface area contributed by atoms with Gasteiger partial charge >= 0.3 is 0 Å². The minimum Gasteiger partial charge on any atom is -0.319 e. The highest BCUT2D eigenvalue weighted by molar-refractivity contribution is 7.12. The molecule has 0 fully saturated rings. The zero-order valence-corrected chi connectivity index (χ0v) is 20.0. The number of nitrogens with zero attached hydrogens (tertiary/aromatic N) is 4. The average molecular weight is 490 g/mol. The van der Waals surface area contributed by atoms with Gasteiger partial charge in [-0.3, -0.25) is 9.59 Å². The number of rotatable bonds is 5. The lowest BCUT2D eigenvalue weighted by Crippen LogP contribution is -2.28. The van der Waals surface area contributed by atoms with Gasteiger partial charge < -0.3 is 14.8 Å². The van der Waals surface area contributed by atoms with E-state index in [1.807, 2.05) is 5.38 Å². The lowest BCUT2D eigenvalue weighted by Gasteiger charge is -2.20. The van der Waals surface area contributed by atoms with Gasteiger partial charge in [-0.25, -0.2) is 4.39 Å². The van der Waals surface area contributed by atoms with Crippen molar-refractivity contribution in [1.29, 1.82) is 0 Å². The quantitative estimate of drug-likeness (QED) is 0.407. The Labute approximate surface area is 206 Å². The van der Waals surface area contributed by atoms with Crippen molar-refractivity contribution in [2.75, 3.05) is 17.3 Å². The molecule has 35 heavy (non-hydrogen) atoms. The van der Waals surface area contributed by atoms with Crippen LogP contribution in [0.4, 0.5) is 15.8 Å². The van der Waals surface area contributed by atoms with Crippen LogP contribution in [0.25, 0.3) is 11.4 Å². The number of benzene rings is 2. The molecule has 0 bridgehead atoms. The van der Waals surface area contributed by atoms with Gasteiger partial charge in [0, 0.05) is 25.6 Å². The van der Waals surface area contributed by atoms with E-state index in [1.54, 1.807) is 55.6 Å². The number of para-hydroxylation sites is 1. The number of hydrogen-bond donors (Lipinski definition) is 1. The Morgan fingerprint density at radius 1 is 1.06 bits per heavy atom. The average Bonchev–Trinajstić information content (AvgIpc) is 3.50. The molecule has 2 aromatic heterocycles. The van der Waals surface area contributed by atoms with E-state index >= 15 is 0 Å². The number of halogens is 1. The van der Waals surface area contributed by atoms with E-state index in [4.69, 9.17) is 0 Å². The molecular weight excluding hydrogens is 465 g/mol. The summed E-state index contributed by atoms with van der Waals surface area (Å²) in [5, 5.41) is 13.2. The molecule has 5 rings (SSSR count). The molecule has 2 aromatic carbocycles. The third kappa shape index (κ3) is 4.59. The van der Waals surface area contributed by atoms with Crippen LogP contribution in [0.5, 0.6) is 0 Å². The van der Waals surface area contributed by atoms with Crippen LogP contribution in [-0.4, -0.2) is 33.6 Å². The minimum atomic E-state index is -0.557. The van der Waals surface area contributed by atoms with Crippen molar-refractivity contribution in [2.45, 2.75) is 32.2 Å². The molecule has 0 saturated heterocycles. The summed E-state index contributed by atoms with van der Waals surface area (Å²) in [6, 6.07) is 14.9. The first kappa shape index (κ1) is 22.9. The van der Waals surface area contributed by atoms with Crippen molar-refractivity contribution < 1.29 is 14.0 Å². The number of anilines is 2. The number of carbonyl (C=O) groups is 2. The lowest BCUT2D eigenvalue weighted by molar-refractivity contribution is 0.0996. The van der Waals surface area contributed by atoms with Gasteiger partial charge in [0.25, 0.3) is 11.8 Å². The topological polar surface area (TPSA) is 80.1 Å². The number of fused-ring (bicyclic) bond motifs is 1. The summed E-state index contributed by atoms with van der Waals surface area (Å²) in [4.78, 5) is 28.1. The van der Waals surface area contributed by atoms with Crippen LogP contribution in [0.1, 0.15) is 45.1 Å². The Morgan fingerprint density at radius 3 is 2.74 bits per heavy atom. The Bertz CT molecular complexity index is 1380. The number of aromatic nitrogens is 3. The fraction of sp³-hybridized carbons (Fsp3) is 0.231. The van der Waals surface area contributed by atoms with E-state index in [-0.39, 0.29) is 17.2 Å². The first-order valence-corrected chi connectivity index (χ1v) is 12.3. The predicted octanol–water partition coefficient (Wildman–Crippen LogP) is 5.40. The number of aryl methyl sites for hydroxylation is 1. The smallest absolute Gasteiger partial charge is 0.268 e. The molecule has 4 aromatic rings. The second kappa shape index (κ2) is 9.79. The molecule has 0 atom stereocenters. The van der Waals surface area contributed by atoms with Crippen LogP contribution < -0.4 is 10.2 Å². The van der Waals surface area contributed by atoms with E-state index in [0.29, 0.717) is 22.0 Å². The molecule has 0 radical (unpaired) electrons. The van der Waals surface area contributed by atoms with Gasteiger partial charge in [-0.1, -0.05) is 24.6 Å². The number of thiophene rings is 1. The van der Waals surface area contributed by atoms with Crippen LogP contribution >= 0.6 is 11.3 Å². The third-order valence-electron chi connectivity index (χ3n) is 6.13. The molecule has 1 aliphatic rings. The van der Waals surface area contributed by atoms with Crippen LogP contribution in [0.2, 0.25) is 0 Å². The molecule has 1 aliphatic heterocycles. The van der Waals surface area contributed by atoms with Gasteiger partial charge in [0.1, 0.15) is 11.6 Å². The maximum absolute atomic E-state index is 14.7. The Balaban J connectivity index is 1.43. The SMILES string of the molecule is CN(C(=O)c1cccs1)c1ccccc1C(=O)Nc1cc(-c2nnc3n2CCCCC3)ccc1F. The summed E-state index contributed by atoms with van der Waals surface area (Å²) >= 11 is 1.33. The van der Waals surface area contributed by atoms with E-state index in [0.717, 1.165) is 38.1 Å². The van der Waals surface area contributed by atoms with Gasteiger partial charge in [0.15, 0.2) is 5.82 Å². The van der Waals surface area contributed by atoms with Crippen LogP contribution in [0.3, 0.4) is 0 Å². The second-order valence-corrected chi connectivity index (χ2v) is 9.36. The van der Waals surface area contributed by atoms with E-state index in [2.05, 4.69) is 20.1 Å². The summed E-state index contributed by atoms with van der Waals surface area (Å²) in [5.41, 5.74) is 1.42. The van der Waals surface area contributed by atoms with Crippen molar-refractivity contribution >= 4 is 34.5 Å². The van der Waals surface area contributed by atoms with Crippen molar-refractivity contribution in [3.63, 3.8) is 0 Å². The maximum Gasteiger partial charge on any atom is 0.268 e. The normalized spacial score (nSPS) is 13.1. The zero-order chi connectivity index (χ0) is 24.4. The van der Waals surface area contributed by atoms with E-state index in [9.17, 15) is 14.0 Å². The molecule has 0 aliphatic carbocycles. The molecule has 3 heterocycles. The zero-order valence-electron chi connectivity index (χ0n) is 19.2. The molecule has 0 spiro atoms. The van der Waals surface area contributed by atoms with Gasteiger partial charge in [-0.2, -0.15) is 0 Å². The summed E-state index contributed by atoms with van der Waals surface area (Å²) in [6.07, 6.45) is 4.12. The van der Waals surface area contributed by atoms with E-state index in [1.165, 1.54) is 22.3 Å². The summed E-state index contributed by atoms with van der Waals surface area (Å²) in [6.45, 7) is 0.814. The molecule has 0 saturated carbocycles. The van der Waals surface area contributed by atoms with Crippen molar-refractivity contribution in [3.05, 3.63) is 82.1 Å². The number of hydrogen-bond acceptors (Lipinski definition) is 5. The van der Waals surface area contributed by atoms with Crippen LogP contribution in [-0.2, 0) is 13.0 Å². The number of nitrogens with one attached hydrogen (secondary N) is 1. The fourth-order valence-electron chi connectivity index (χ4n) is 4.28. The first-order chi connectivity index (χ1) is 17.0. The Morgan fingerprint density at radius 2 is 1.91 bits per heavy atom. The first-order valence-electron chi connectivity index (χ1n) is 11.5. The van der Waals surface area contributed by atoms with E-state index < -0.39 is 11.7 Å². The largest absolute Gasteiger partial charge is 0.319 e. The molecule has 7 nitrogen and oxygen atoms in total. The minimum absolute atomic E-state index is 0.0421. The second-order valence-electron chi connectivity index (χ2n) is 8.41. The highest BCUT2D eigenvalue weighted by atomic mass is 32.1. The van der Waals surface area contributed by atoms with Crippen molar-refractivity contribution in [2.24, 2.45) is 0 Å². The Kier molecular flexibility index (Phi) is 6.41. The van der Waals surface area contributed by atoms with Crippen LogP contribution in [0.15, 0.2) is 60.0 Å². The molecular formula is C26H24FN5O2S. The standard InChI is InChI=1S/C26H24FN5O2S/c1-31(26(34)22-10-7-15-35-22)21-9-5-4-8-18(21)25(33)28-20-16-17(12-13-19(20)27)24-30-29-23-11-3-2-6-14-32(23)24/h4-5,7-10,12-13,15-16H,2-3,6,11,14H2,1H3,(H,28,33). The molecule has 9 heteroatoms. The third-order valence-corrected chi connectivity index (χ3v) is 6.99. The molecule has 1 N–H and O–H groups in total. The molecule has 0 unspecified atom stereocenters. The summed E-state index contributed by atoms with van der Waals surface area (Å²) in [5.74, 6) is 0.306. The predicted molar refractivity (Wildman–Crippen MR) is 134 cm³/mol. The summed E-state index contributed by atoms with van der Waals surface area (Å²) < 4.78 is 16.8. The highest BCUT2D eigenvalue weighted by Gasteiger charge is 2.22. The molecule has 2 amide bonds. The Hall–Kier alpha value is -3.85. The van der Waals surface area contributed by atoms with Gasteiger partial charge in [-0.05, 0) is 54.6 Å². The summed E-state index contributed by atoms with van der Waals surface area (Å²) in [7, 11) is 1.62. The fourth-order valence-corrected chi connectivity index (χ4v) is 4.98. The van der Waals surface area contributed by atoms with Gasteiger partial charge in [-0.15, -0.1) is 21.5 Å². The highest BCUT2D eigenvalue weighted by Crippen LogP contribution is 2.28. The van der Waals surface area contributed by atoms with Gasteiger partial charge in [0.2, 0.25) is 0 Å². The monoisotopic (exact) mass is 489 g/mol. The van der Waals surface area contributed by atoms with Crippen molar-refractivity contribution in [3.8, 4) is 11.4 Å². The van der Waals surface area contributed by atoms with Crippen LogP contribution in [0, 0.1) is 5.82 Å². The maximum atomic E-state index is 14.7. The molecule has 178 valence electrons.